The molecule has 0 atom stereocenters. The maximum Gasteiger partial charge on any atom is 0.393 e. The lowest BCUT2D eigenvalue weighted by atomic mass is 10.1. The average Bonchev–Trinajstić information content (AvgIpc) is 3.03. The van der Waals surface area contributed by atoms with Crippen molar-refractivity contribution in [2.24, 2.45) is 0 Å². The highest BCUT2D eigenvalue weighted by Crippen LogP contribution is 2.34. The Kier molecular flexibility index (Phi) is 4.89. The van der Waals surface area contributed by atoms with Gasteiger partial charge in [0.1, 0.15) is 17.5 Å². The molecule has 1 aliphatic rings. The van der Waals surface area contributed by atoms with E-state index in [0.29, 0.717) is 29.2 Å². The summed E-state index contributed by atoms with van der Waals surface area (Å²) in [4.78, 5) is 8.55. The molecule has 3 aromatic rings. The number of halogens is 5. The molecule has 4 nitrogen and oxygen atoms in total. The summed E-state index contributed by atoms with van der Waals surface area (Å²) >= 11 is 0. The summed E-state index contributed by atoms with van der Waals surface area (Å²) in [6.45, 7) is 4.19. The lowest BCUT2D eigenvalue weighted by Crippen LogP contribution is -2.11. The molecule has 0 radical (unpaired) electrons. The van der Waals surface area contributed by atoms with Crippen LogP contribution in [0.3, 0.4) is 0 Å². The molecule has 2 heterocycles. The number of nitrogens with one attached hydrogen (secondary N) is 2. The standard InChI is InChI=1S/C21H15F5N4/c1-11-17-16(10-27-11)29-20(18-14(22)3-2-4-15(18)23)30-19(17)28-13-7-5-12(6-8-13)9-21(24,25)26/h2-8,27H,1,9-10H2,(H,28,29,30). The van der Waals surface area contributed by atoms with Crippen molar-refractivity contribution >= 4 is 17.2 Å². The Balaban J connectivity index is 1.73. The minimum absolute atomic E-state index is 0.112. The van der Waals surface area contributed by atoms with Gasteiger partial charge in [-0.1, -0.05) is 24.8 Å². The predicted octanol–water partition coefficient (Wildman–Crippen LogP) is 5.34. The van der Waals surface area contributed by atoms with E-state index >= 15 is 0 Å². The number of nitrogens with zero attached hydrogens (tertiary/aromatic N) is 2. The minimum atomic E-state index is -4.30. The quantitative estimate of drug-likeness (QED) is 0.562. The lowest BCUT2D eigenvalue weighted by molar-refractivity contribution is -0.127. The smallest absolute Gasteiger partial charge is 0.379 e. The Morgan fingerprint density at radius 1 is 0.967 bits per heavy atom. The molecule has 0 saturated heterocycles. The Hall–Kier alpha value is -3.49. The van der Waals surface area contributed by atoms with Gasteiger partial charge >= 0.3 is 6.18 Å². The SMILES string of the molecule is C=C1NCc2nc(-c3c(F)cccc3F)nc(Nc3ccc(CC(F)(F)F)cc3)c21. The van der Waals surface area contributed by atoms with Gasteiger partial charge in [-0.15, -0.1) is 0 Å². The second-order valence-electron chi connectivity index (χ2n) is 6.76. The van der Waals surface area contributed by atoms with Crippen LogP contribution in [-0.4, -0.2) is 16.1 Å². The summed E-state index contributed by atoms with van der Waals surface area (Å²) in [5.74, 6) is -1.50. The van der Waals surface area contributed by atoms with Gasteiger partial charge in [-0.05, 0) is 29.8 Å². The van der Waals surface area contributed by atoms with Crippen molar-refractivity contribution in [2.75, 3.05) is 5.32 Å². The highest BCUT2D eigenvalue weighted by molar-refractivity contribution is 5.80. The van der Waals surface area contributed by atoms with Gasteiger partial charge < -0.3 is 10.6 Å². The van der Waals surface area contributed by atoms with Crippen LogP contribution < -0.4 is 10.6 Å². The summed E-state index contributed by atoms with van der Waals surface area (Å²) < 4.78 is 66.1. The van der Waals surface area contributed by atoms with E-state index in [0.717, 1.165) is 12.1 Å². The van der Waals surface area contributed by atoms with E-state index < -0.39 is 24.2 Å². The summed E-state index contributed by atoms with van der Waals surface area (Å²) in [6.07, 6.45) is -5.34. The molecule has 0 unspecified atom stereocenters. The first-order valence-electron chi connectivity index (χ1n) is 8.92. The number of aromatic nitrogens is 2. The number of benzene rings is 2. The highest BCUT2D eigenvalue weighted by atomic mass is 19.4. The van der Waals surface area contributed by atoms with Crippen molar-refractivity contribution in [3.05, 3.63) is 77.5 Å². The van der Waals surface area contributed by atoms with Crippen LogP contribution in [0.2, 0.25) is 0 Å². The maximum absolute atomic E-state index is 14.2. The number of fused-ring (bicyclic) bond motifs is 1. The molecule has 0 amide bonds. The molecule has 4 rings (SSSR count). The van der Waals surface area contributed by atoms with Crippen LogP contribution in [0.25, 0.3) is 17.1 Å². The van der Waals surface area contributed by atoms with Crippen LogP contribution in [0, 0.1) is 11.6 Å². The Morgan fingerprint density at radius 3 is 2.27 bits per heavy atom. The first-order valence-corrected chi connectivity index (χ1v) is 8.92. The predicted molar refractivity (Wildman–Crippen MR) is 103 cm³/mol. The van der Waals surface area contributed by atoms with Gasteiger partial charge in [0.25, 0.3) is 0 Å². The molecule has 9 heteroatoms. The molecule has 2 N–H and O–H groups in total. The maximum atomic E-state index is 14.2. The van der Waals surface area contributed by atoms with Gasteiger partial charge in [0, 0.05) is 11.4 Å². The van der Waals surface area contributed by atoms with Crippen LogP contribution in [0.15, 0.2) is 49.0 Å². The van der Waals surface area contributed by atoms with Crippen molar-refractivity contribution in [1.82, 2.24) is 15.3 Å². The topological polar surface area (TPSA) is 49.8 Å². The van der Waals surface area contributed by atoms with Gasteiger partial charge in [0.05, 0.1) is 29.8 Å². The van der Waals surface area contributed by atoms with Crippen LogP contribution in [0.4, 0.5) is 33.5 Å². The first-order chi connectivity index (χ1) is 14.2. The zero-order chi connectivity index (χ0) is 21.5. The second-order valence-corrected chi connectivity index (χ2v) is 6.76. The zero-order valence-corrected chi connectivity index (χ0v) is 15.4. The molecule has 2 aromatic carbocycles. The number of hydrogen-bond donors (Lipinski definition) is 2. The van der Waals surface area contributed by atoms with E-state index in [1.807, 2.05) is 0 Å². The third-order valence-corrected chi connectivity index (χ3v) is 4.56. The van der Waals surface area contributed by atoms with Crippen molar-refractivity contribution < 1.29 is 22.0 Å². The Bertz CT molecular complexity index is 1100. The molecule has 0 spiro atoms. The molecular weight excluding hydrogens is 403 g/mol. The van der Waals surface area contributed by atoms with Gasteiger partial charge in [0.15, 0.2) is 5.82 Å². The third-order valence-electron chi connectivity index (χ3n) is 4.56. The van der Waals surface area contributed by atoms with Crippen molar-refractivity contribution in [3.8, 4) is 11.4 Å². The fourth-order valence-corrected chi connectivity index (χ4v) is 3.22. The largest absolute Gasteiger partial charge is 0.393 e. The van der Waals surface area contributed by atoms with E-state index in [-0.39, 0.29) is 22.8 Å². The van der Waals surface area contributed by atoms with Crippen LogP contribution in [-0.2, 0) is 13.0 Å². The molecule has 0 aliphatic carbocycles. The molecular formula is C21H15F5N4. The van der Waals surface area contributed by atoms with E-state index in [4.69, 9.17) is 0 Å². The molecule has 1 aliphatic heterocycles. The first kappa shape index (κ1) is 19.8. The normalized spacial score (nSPS) is 13.2. The fourth-order valence-electron chi connectivity index (χ4n) is 3.22. The fraction of sp³-hybridized carbons (Fsp3) is 0.143. The van der Waals surface area contributed by atoms with E-state index in [9.17, 15) is 22.0 Å². The Morgan fingerprint density at radius 2 is 1.63 bits per heavy atom. The van der Waals surface area contributed by atoms with E-state index in [1.165, 1.54) is 30.3 Å². The summed E-state index contributed by atoms with van der Waals surface area (Å²) in [7, 11) is 0. The molecule has 0 saturated carbocycles. The van der Waals surface area contributed by atoms with Crippen molar-refractivity contribution in [1.29, 1.82) is 0 Å². The molecule has 30 heavy (non-hydrogen) atoms. The molecule has 0 fully saturated rings. The van der Waals surface area contributed by atoms with Crippen LogP contribution in [0.5, 0.6) is 0 Å². The Labute approximate surface area is 168 Å². The van der Waals surface area contributed by atoms with Gasteiger partial charge in [0.2, 0.25) is 0 Å². The molecule has 1 aromatic heterocycles. The molecule has 154 valence electrons. The van der Waals surface area contributed by atoms with Gasteiger partial charge in [-0.25, -0.2) is 18.7 Å². The third kappa shape index (κ3) is 3.96. The van der Waals surface area contributed by atoms with E-state index in [1.54, 1.807) is 0 Å². The van der Waals surface area contributed by atoms with Crippen LogP contribution >= 0.6 is 0 Å². The zero-order valence-electron chi connectivity index (χ0n) is 15.4. The van der Waals surface area contributed by atoms with E-state index in [2.05, 4.69) is 27.2 Å². The number of alkyl halides is 3. The number of hydrogen-bond acceptors (Lipinski definition) is 4. The number of anilines is 2. The monoisotopic (exact) mass is 418 g/mol. The van der Waals surface area contributed by atoms with Crippen molar-refractivity contribution in [3.63, 3.8) is 0 Å². The molecule has 0 bridgehead atoms. The van der Waals surface area contributed by atoms with Crippen molar-refractivity contribution in [2.45, 2.75) is 19.1 Å². The number of rotatable bonds is 4. The summed E-state index contributed by atoms with van der Waals surface area (Å²) in [6, 6.07) is 9.11. The summed E-state index contributed by atoms with van der Waals surface area (Å²) in [5.41, 5.74) is 1.80. The van der Waals surface area contributed by atoms with Crippen LogP contribution in [0.1, 0.15) is 16.8 Å². The highest BCUT2D eigenvalue weighted by Gasteiger charge is 2.28. The van der Waals surface area contributed by atoms with Gasteiger partial charge in [-0.2, -0.15) is 13.2 Å². The summed E-state index contributed by atoms with van der Waals surface area (Å²) in [5, 5.41) is 6.00. The second kappa shape index (κ2) is 7.40. The lowest BCUT2D eigenvalue weighted by Gasteiger charge is -2.13. The minimum Gasteiger partial charge on any atom is -0.379 e. The van der Waals surface area contributed by atoms with Gasteiger partial charge in [-0.3, -0.25) is 0 Å². The average molecular weight is 418 g/mol.